The summed E-state index contributed by atoms with van der Waals surface area (Å²) >= 11 is 0. The largest absolute Gasteiger partial charge is 0.481 e. The second-order valence-electron chi connectivity index (χ2n) is 6.46. The molecule has 2 atom stereocenters. The monoisotopic (exact) mass is 371 g/mol. The molecule has 0 saturated heterocycles. The summed E-state index contributed by atoms with van der Waals surface area (Å²) in [5, 5.41) is 10.5. The maximum Gasteiger partial charge on any atom is 0.312 e. The highest BCUT2D eigenvalue weighted by Gasteiger charge is 2.34. The Kier molecular flexibility index (Phi) is 5.30. The van der Waals surface area contributed by atoms with Gasteiger partial charge in [0, 0.05) is 16.6 Å². The van der Waals surface area contributed by atoms with Gasteiger partial charge in [0.1, 0.15) is 0 Å². The number of carboxylic acid groups (broad SMARTS) is 1. The Hall–Kier alpha value is -2.36. The number of carbonyl (C=O) groups is 1. The summed E-state index contributed by atoms with van der Waals surface area (Å²) in [5.41, 5.74) is 1.78. The van der Waals surface area contributed by atoms with Crippen LogP contribution in [-0.2, 0) is 15.5 Å². The first-order chi connectivity index (χ1) is 12.4. The van der Waals surface area contributed by atoms with Crippen LogP contribution in [-0.4, -0.2) is 21.0 Å². The lowest BCUT2D eigenvalue weighted by atomic mass is 10.00. The molecular weight excluding hydrogens is 349 g/mol. The molecular formula is C20H22NO4P. The van der Waals surface area contributed by atoms with Gasteiger partial charge in [-0.3, -0.25) is 9.36 Å². The number of fused-ring (bicyclic) bond motifs is 1. The lowest BCUT2D eigenvalue weighted by Crippen LogP contribution is -2.20. The van der Waals surface area contributed by atoms with E-state index in [9.17, 15) is 19.4 Å². The molecule has 1 aromatic heterocycles. The van der Waals surface area contributed by atoms with Crippen LogP contribution in [0.5, 0.6) is 0 Å². The maximum atomic E-state index is 13.4. The number of carboxylic acids is 1. The van der Waals surface area contributed by atoms with Crippen molar-refractivity contribution >= 4 is 29.5 Å². The predicted molar refractivity (Wildman–Crippen MR) is 103 cm³/mol. The number of nitrogens with one attached hydrogen (secondary N) is 1. The number of H-pyrrole nitrogens is 1. The first-order valence-corrected chi connectivity index (χ1v) is 10.5. The average molecular weight is 371 g/mol. The summed E-state index contributed by atoms with van der Waals surface area (Å²) in [4.78, 5) is 25.9. The van der Waals surface area contributed by atoms with Crippen molar-refractivity contribution < 1.29 is 19.4 Å². The van der Waals surface area contributed by atoms with Crippen LogP contribution in [0.1, 0.15) is 36.9 Å². The van der Waals surface area contributed by atoms with E-state index in [1.54, 1.807) is 30.3 Å². The molecule has 0 aliphatic rings. The molecule has 0 saturated carbocycles. The fraction of sp³-hybridized carbons (Fsp3) is 0.250. The molecule has 26 heavy (non-hydrogen) atoms. The number of hydrogen-bond acceptors (Lipinski definition) is 2. The molecule has 0 amide bonds. The Morgan fingerprint density at radius 1 is 1.12 bits per heavy atom. The summed E-state index contributed by atoms with van der Waals surface area (Å²) in [6, 6.07) is 16.3. The number of rotatable bonds is 7. The summed E-state index contributed by atoms with van der Waals surface area (Å²) in [5.74, 6) is -1.82. The SMILES string of the molecule is CCCC(C(=O)O)c1[nH]c2ccccc2c1P(=O)(O)Cc1ccccc1. The lowest BCUT2D eigenvalue weighted by Gasteiger charge is -2.17. The molecule has 6 heteroatoms. The van der Waals surface area contributed by atoms with E-state index >= 15 is 0 Å². The minimum absolute atomic E-state index is 0.0266. The van der Waals surface area contributed by atoms with Gasteiger partial charge < -0.3 is 15.0 Å². The summed E-state index contributed by atoms with van der Waals surface area (Å²) < 4.78 is 13.4. The van der Waals surface area contributed by atoms with E-state index < -0.39 is 19.3 Å². The zero-order valence-corrected chi connectivity index (χ0v) is 15.4. The van der Waals surface area contributed by atoms with Gasteiger partial charge in [0.25, 0.3) is 0 Å². The zero-order valence-electron chi connectivity index (χ0n) is 14.6. The van der Waals surface area contributed by atoms with Gasteiger partial charge in [-0.05, 0) is 18.1 Å². The van der Waals surface area contributed by atoms with Crippen molar-refractivity contribution in [3.05, 3.63) is 65.9 Å². The number of aromatic amines is 1. The Morgan fingerprint density at radius 2 is 1.77 bits per heavy atom. The highest BCUT2D eigenvalue weighted by Crippen LogP contribution is 2.48. The number of aliphatic carboxylic acids is 1. The Morgan fingerprint density at radius 3 is 2.42 bits per heavy atom. The smallest absolute Gasteiger partial charge is 0.312 e. The molecule has 5 nitrogen and oxygen atoms in total. The van der Waals surface area contributed by atoms with Gasteiger partial charge in [-0.15, -0.1) is 0 Å². The standard InChI is InChI=1S/C20H22NO4P/c1-2-8-16(20(22)23)18-19(15-11-6-7-12-17(15)21-18)26(24,25)13-14-9-4-3-5-10-14/h3-7,9-12,16,21H,2,8,13H2,1H3,(H,22,23)(H,24,25). The van der Waals surface area contributed by atoms with Crippen molar-refractivity contribution in [2.75, 3.05) is 0 Å². The number of benzene rings is 2. The molecule has 0 aliphatic carbocycles. The minimum atomic E-state index is -3.81. The van der Waals surface area contributed by atoms with E-state index in [4.69, 9.17) is 0 Å². The molecule has 3 N–H and O–H groups in total. The number of hydrogen-bond donors (Lipinski definition) is 3. The fourth-order valence-electron chi connectivity index (χ4n) is 3.37. The van der Waals surface area contributed by atoms with Gasteiger partial charge in [-0.2, -0.15) is 0 Å². The molecule has 1 heterocycles. The quantitative estimate of drug-likeness (QED) is 0.542. The van der Waals surface area contributed by atoms with Crippen LogP contribution < -0.4 is 5.30 Å². The van der Waals surface area contributed by atoms with Crippen molar-refractivity contribution in [2.24, 2.45) is 0 Å². The van der Waals surface area contributed by atoms with Crippen LogP contribution in [0.3, 0.4) is 0 Å². The molecule has 3 rings (SSSR count). The highest BCUT2D eigenvalue weighted by atomic mass is 31.2. The normalized spacial score (nSPS) is 14.8. The van der Waals surface area contributed by atoms with Crippen LogP contribution in [0.2, 0.25) is 0 Å². The topological polar surface area (TPSA) is 90.4 Å². The third-order valence-corrected chi connectivity index (χ3v) is 6.49. The molecule has 2 unspecified atom stereocenters. The third kappa shape index (κ3) is 3.59. The van der Waals surface area contributed by atoms with Crippen molar-refractivity contribution in [3.8, 4) is 0 Å². The van der Waals surface area contributed by atoms with Crippen LogP contribution in [0.25, 0.3) is 10.9 Å². The van der Waals surface area contributed by atoms with Crippen LogP contribution >= 0.6 is 7.37 Å². The van der Waals surface area contributed by atoms with E-state index in [2.05, 4.69) is 4.98 Å². The van der Waals surface area contributed by atoms with Crippen molar-refractivity contribution in [2.45, 2.75) is 31.8 Å². The van der Waals surface area contributed by atoms with Gasteiger partial charge in [0.05, 0.1) is 17.4 Å². The molecule has 0 spiro atoms. The Balaban J connectivity index is 2.18. The lowest BCUT2D eigenvalue weighted by molar-refractivity contribution is -0.139. The van der Waals surface area contributed by atoms with Crippen molar-refractivity contribution in [3.63, 3.8) is 0 Å². The Labute approximate surface area is 152 Å². The van der Waals surface area contributed by atoms with E-state index in [0.29, 0.717) is 29.4 Å². The second kappa shape index (κ2) is 7.48. The van der Waals surface area contributed by atoms with Crippen LogP contribution in [0, 0.1) is 0 Å². The predicted octanol–water partition coefficient (Wildman–Crippen LogP) is 4.23. The van der Waals surface area contributed by atoms with Crippen molar-refractivity contribution in [1.82, 2.24) is 4.98 Å². The number of aromatic nitrogens is 1. The van der Waals surface area contributed by atoms with Gasteiger partial charge in [-0.1, -0.05) is 61.9 Å². The molecule has 136 valence electrons. The van der Waals surface area contributed by atoms with E-state index in [1.807, 2.05) is 31.2 Å². The first kappa shape index (κ1) is 18.4. The molecule has 0 fully saturated rings. The maximum absolute atomic E-state index is 13.4. The van der Waals surface area contributed by atoms with E-state index in [0.717, 1.165) is 5.56 Å². The molecule has 0 aliphatic heterocycles. The minimum Gasteiger partial charge on any atom is -0.481 e. The average Bonchev–Trinajstić information content (AvgIpc) is 2.99. The third-order valence-electron chi connectivity index (χ3n) is 4.52. The molecule has 0 radical (unpaired) electrons. The second-order valence-corrected chi connectivity index (χ2v) is 8.62. The highest BCUT2D eigenvalue weighted by molar-refractivity contribution is 7.66. The fourth-order valence-corrected chi connectivity index (χ4v) is 5.39. The molecule has 2 aromatic carbocycles. The molecule has 3 aromatic rings. The first-order valence-electron chi connectivity index (χ1n) is 8.63. The molecule has 0 bridgehead atoms. The summed E-state index contributed by atoms with van der Waals surface area (Å²) in [6.07, 6.45) is 1.04. The number of para-hydroxylation sites is 1. The van der Waals surface area contributed by atoms with Crippen LogP contribution in [0.15, 0.2) is 54.6 Å². The van der Waals surface area contributed by atoms with Gasteiger partial charge in [-0.25, -0.2) is 0 Å². The van der Waals surface area contributed by atoms with Gasteiger partial charge >= 0.3 is 5.97 Å². The van der Waals surface area contributed by atoms with Crippen molar-refractivity contribution in [1.29, 1.82) is 0 Å². The Bertz CT molecular complexity index is 964. The van der Waals surface area contributed by atoms with E-state index in [-0.39, 0.29) is 11.5 Å². The van der Waals surface area contributed by atoms with Gasteiger partial charge in [0.2, 0.25) is 7.37 Å². The summed E-state index contributed by atoms with van der Waals surface area (Å²) in [7, 11) is -3.81. The van der Waals surface area contributed by atoms with Crippen LogP contribution in [0.4, 0.5) is 0 Å². The van der Waals surface area contributed by atoms with Gasteiger partial charge in [0.15, 0.2) is 0 Å². The summed E-state index contributed by atoms with van der Waals surface area (Å²) in [6.45, 7) is 1.90. The van der Waals surface area contributed by atoms with E-state index in [1.165, 1.54) is 0 Å². The zero-order chi connectivity index (χ0) is 18.7.